The van der Waals surface area contributed by atoms with Crippen molar-refractivity contribution in [2.75, 3.05) is 0 Å². The summed E-state index contributed by atoms with van der Waals surface area (Å²) in [6.45, 7) is 2.04. The van der Waals surface area contributed by atoms with Crippen molar-refractivity contribution in [1.29, 1.82) is 0 Å². The highest BCUT2D eigenvalue weighted by Gasteiger charge is 2.27. The maximum Gasteiger partial charge on any atom is 0.335 e. The summed E-state index contributed by atoms with van der Waals surface area (Å²) in [6, 6.07) is 9.63. The summed E-state index contributed by atoms with van der Waals surface area (Å²) < 4.78 is 2.12. The number of carboxylic acids is 1. The number of aryl methyl sites for hydroxylation is 2. The smallest absolute Gasteiger partial charge is 0.335 e. The number of carboxylic acid groups (broad SMARTS) is 1. The Balaban J connectivity index is 2.01. The summed E-state index contributed by atoms with van der Waals surface area (Å²) >= 11 is 0. The molecule has 0 amide bonds. The van der Waals surface area contributed by atoms with Gasteiger partial charge in [0.2, 0.25) is 0 Å². The first-order chi connectivity index (χ1) is 12.1. The Morgan fingerprint density at radius 1 is 1.20 bits per heavy atom. The number of pyridine rings is 1. The van der Waals surface area contributed by atoms with Gasteiger partial charge in [0.05, 0.1) is 17.0 Å². The maximum absolute atomic E-state index is 11.4. The van der Waals surface area contributed by atoms with Gasteiger partial charge in [-0.1, -0.05) is 25.0 Å². The van der Waals surface area contributed by atoms with Crippen LogP contribution in [0.15, 0.2) is 36.5 Å². The Labute approximate surface area is 147 Å². The number of aromatic nitrogens is 2. The van der Waals surface area contributed by atoms with Gasteiger partial charge in [-0.05, 0) is 55.0 Å². The molecule has 1 fully saturated rings. The van der Waals surface area contributed by atoms with E-state index in [9.17, 15) is 9.90 Å². The van der Waals surface area contributed by atoms with Gasteiger partial charge in [-0.25, -0.2) is 4.79 Å². The quantitative estimate of drug-likeness (QED) is 0.741. The number of benzene rings is 1. The van der Waals surface area contributed by atoms with E-state index in [1.807, 2.05) is 26.2 Å². The van der Waals surface area contributed by atoms with Crippen LogP contribution in [0.5, 0.6) is 0 Å². The molecule has 1 aliphatic carbocycles. The topological polar surface area (TPSA) is 55.1 Å². The molecule has 4 nitrogen and oxygen atoms in total. The molecule has 0 unspecified atom stereocenters. The van der Waals surface area contributed by atoms with Crippen LogP contribution in [0.4, 0.5) is 0 Å². The van der Waals surface area contributed by atoms with Gasteiger partial charge in [0, 0.05) is 24.1 Å². The third kappa shape index (κ3) is 2.62. The van der Waals surface area contributed by atoms with Crippen molar-refractivity contribution >= 4 is 16.9 Å². The number of nitrogens with zero attached hydrogens (tertiary/aromatic N) is 2. The molecule has 0 atom stereocenters. The summed E-state index contributed by atoms with van der Waals surface area (Å²) in [6.07, 6.45) is 6.80. The molecule has 0 aliphatic heterocycles. The minimum atomic E-state index is -0.888. The Bertz CT molecular complexity index is 948. The molecule has 4 heteroatoms. The zero-order chi connectivity index (χ0) is 17.6. The second-order valence-electron chi connectivity index (χ2n) is 7.06. The molecule has 0 spiro atoms. The molecule has 3 aromatic rings. The first-order valence-corrected chi connectivity index (χ1v) is 8.85. The predicted octanol–water partition coefficient (Wildman–Crippen LogP) is 4.90. The molecule has 4 rings (SSSR count). The third-order valence-corrected chi connectivity index (χ3v) is 5.40. The number of fused-ring (bicyclic) bond motifs is 1. The van der Waals surface area contributed by atoms with Gasteiger partial charge < -0.3 is 9.67 Å². The van der Waals surface area contributed by atoms with Crippen LogP contribution in [0.2, 0.25) is 0 Å². The molecule has 0 saturated heterocycles. The van der Waals surface area contributed by atoms with Gasteiger partial charge in [0.1, 0.15) is 0 Å². The maximum atomic E-state index is 11.4. The summed E-state index contributed by atoms with van der Waals surface area (Å²) in [5.74, 6) is -0.363. The molecule has 2 aromatic heterocycles. The number of hydrogen-bond donors (Lipinski definition) is 1. The molecular weight excluding hydrogens is 312 g/mol. The molecule has 1 aromatic carbocycles. The zero-order valence-corrected chi connectivity index (χ0v) is 14.6. The van der Waals surface area contributed by atoms with Gasteiger partial charge >= 0.3 is 5.97 Å². The van der Waals surface area contributed by atoms with E-state index in [0.29, 0.717) is 11.5 Å². The van der Waals surface area contributed by atoms with E-state index in [-0.39, 0.29) is 0 Å². The lowest BCUT2D eigenvalue weighted by Crippen LogP contribution is -1.99. The fraction of sp³-hybridized carbons (Fsp3) is 0.333. The normalized spacial score (nSPS) is 15.1. The molecule has 25 heavy (non-hydrogen) atoms. The Morgan fingerprint density at radius 2 is 1.96 bits per heavy atom. The largest absolute Gasteiger partial charge is 0.478 e. The van der Waals surface area contributed by atoms with Gasteiger partial charge in [-0.3, -0.25) is 4.98 Å². The zero-order valence-electron chi connectivity index (χ0n) is 14.6. The van der Waals surface area contributed by atoms with E-state index < -0.39 is 5.97 Å². The number of carbonyl (C=O) groups is 1. The van der Waals surface area contributed by atoms with E-state index in [1.54, 1.807) is 12.1 Å². The van der Waals surface area contributed by atoms with E-state index in [0.717, 1.165) is 27.9 Å². The fourth-order valence-corrected chi connectivity index (χ4v) is 4.14. The SMILES string of the molecule is Cc1ccc(-c2c(C3CCCC3)c3ccc(C(=O)O)cc3n2C)nc1. The van der Waals surface area contributed by atoms with Crippen molar-refractivity contribution in [3.63, 3.8) is 0 Å². The molecular formula is C21H22N2O2. The van der Waals surface area contributed by atoms with Crippen molar-refractivity contribution < 1.29 is 9.90 Å². The lowest BCUT2D eigenvalue weighted by atomic mass is 9.93. The van der Waals surface area contributed by atoms with E-state index in [4.69, 9.17) is 0 Å². The van der Waals surface area contributed by atoms with Crippen LogP contribution < -0.4 is 0 Å². The van der Waals surface area contributed by atoms with Crippen LogP contribution >= 0.6 is 0 Å². The lowest BCUT2D eigenvalue weighted by Gasteiger charge is -2.13. The standard InChI is InChI=1S/C21H22N2O2/c1-13-7-10-17(22-12-13)20-19(14-5-3-4-6-14)16-9-8-15(21(24)25)11-18(16)23(20)2/h7-12,14H,3-6H2,1-2H3,(H,24,25). The summed E-state index contributed by atoms with van der Waals surface area (Å²) in [5, 5.41) is 10.5. The van der Waals surface area contributed by atoms with Gasteiger partial charge in [0.15, 0.2) is 0 Å². The minimum Gasteiger partial charge on any atom is -0.478 e. The van der Waals surface area contributed by atoms with Crippen LogP contribution in [0.3, 0.4) is 0 Å². The average molecular weight is 334 g/mol. The first kappa shape index (κ1) is 15.9. The second kappa shape index (κ2) is 6.03. The highest BCUT2D eigenvalue weighted by molar-refractivity contribution is 5.97. The first-order valence-electron chi connectivity index (χ1n) is 8.85. The highest BCUT2D eigenvalue weighted by atomic mass is 16.4. The van der Waals surface area contributed by atoms with Crippen LogP contribution in [0.25, 0.3) is 22.3 Å². The van der Waals surface area contributed by atoms with E-state index in [1.165, 1.54) is 31.2 Å². The molecule has 0 radical (unpaired) electrons. The van der Waals surface area contributed by atoms with Gasteiger partial charge in [-0.2, -0.15) is 0 Å². The Hall–Kier alpha value is -2.62. The van der Waals surface area contributed by atoms with Crippen LogP contribution in [-0.4, -0.2) is 20.6 Å². The summed E-state index contributed by atoms with van der Waals surface area (Å²) in [7, 11) is 2.02. The predicted molar refractivity (Wildman–Crippen MR) is 99.1 cm³/mol. The second-order valence-corrected chi connectivity index (χ2v) is 7.06. The van der Waals surface area contributed by atoms with Crippen LogP contribution in [0.1, 0.15) is 53.1 Å². The fourth-order valence-electron chi connectivity index (χ4n) is 4.14. The van der Waals surface area contributed by atoms with Crippen molar-refractivity contribution in [1.82, 2.24) is 9.55 Å². The molecule has 128 valence electrons. The number of hydrogen-bond acceptors (Lipinski definition) is 2. The highest BCUT2D eigenvalue weighted by Crippen LogP contribution is 2.44. The average Bonchev–Trinajstić information content (AvgIpc) is 3.22. The Morgan fingerprint density at radius 3 is 2.60 bits per heavy atom. The molecule has 1 saturated carbocycles. The summed E-state index contributed by atoms with van der Waals surface area (Å²) in [4.78, 5) is 16.0. The Kier molecular flexibility index (Phi) is 3.83. The van der Waals surface area contributed by atoms with Crippen molar-refractivity contribution in [2.24, 2.45) is 7.05 Å². The van der Waals surface area contributed by atoms with Gasteiger partial charge in [0.25, 0.3) is 0 Å². The molecule has 2 heterocycles. The van der Waals surface area contributed by atoms with Gasteiger partial charge in [-0.15, -0.1) is 0 Å². The van der Waals surface area contributed by atoms with Crippen molar-refractivity contribution in [2.45, 2.75) is 38.5 Å². The molecule has 0 bridgehead atoms. The monoisotopic (exact) mass is 334 g/mol. The van der Waals surface area contributed by atoms with Crippen LogP contribution in [0, 0.1) is 6.92 Å². The number of aromatic carboxylic acids is 1. The minimum absolute atomic E-state index is 0.328. The summed E-state index contributed by atoms with van der Waals surface area (Å²) in [5.41, 5.74) is 5.86. The van der Waals surface area contributed by atoms with Crippen LogP contribution in [-0.2, 0) is 7.05 Å². The van der Waals surface area contributed by atoms with Crippen molar-refractivity contribution in [3.8, 4) is 11.4 Å². The van der Waals surface area contributed by atoms with E-state index in [2.05, 4.69) is 21.7 Å². The molecule has 1 N–H and O–H groups in total. The number of rotatable bonds is 3. The molecule has 1 aliphatic rings. The third-order valence-electron chi connectivity index (χ3n) is 5.40. The lowest BCUT2D eigenvalue weighted by molar-refractivity contribution is 0.0697. The van der Waals surface area contributed by atoms with E-state index >= 15 is 0 Å². The van der Waals surface area contributed by atoms with Crippen molar-refractivity contribution in [3.05, 3.63) is 53.2 Å².